The molecule has 0 aromatic heterocycles. The first-order chi connectivity index (χ1) is 12.0. The van der Waals surface area contributed by atoms with Crippen molar-refractivity contribution in [3.63, 3.8) is 0 Å². The second-order valence-electron chi connectivity index (χ2n) is 6.22. The molecule has 0 aliphatic carbocycles. The minimum absolute atomic E-state index is 0.153. The minimum atomic E-state index is -0.153. The molecular formula is C22H25BrFN. The molecule has 3 heteroatoms. The maximum absolute atomic E-state index is 13.8. The number of benzene rings is 2. The van der Waals surface area contributed by atoms with Crippen molar-refractivity contribution in [3.8, 4) is 0 Å². The van der Waals surface area contributed by atoms with Crippen LogP contribution in [0.25, 0.3) is 4.48 Å². The van der Waals surface area contributed by atoms with E-state index in [1.54, 1.807) is 13.0 Å². The molecule has 0 aliphatic rings. The maximum Gasteiger partial charge on any atom is 0.126 e. The van der Waals surface area contributed by atoms with Crippen molar-refractivity contribution >= 4 is 26.1 Å². The fourth-order valence-electron chi connectivity index (χ4n) is 2.84. The molecule has 0 fully saturated rings. The van der Waals surface area contributed by atoms with Crippen molar-refractivity contribution in [1.82, 2.24) is 0 Å². The lowest BCUT2D eigenvalue weighted by Gasteiger charge is -2.23. The van der Waals surface area contributed by atoms with E-state index in [9.17, 15) is 4.39 Å². The Morgan fingerprint density at radius 1 is 1.24 bits per heavy atom. The van der Waals surface area contributed by atoms with Crippen LogP contribution in [0.15, 0.2) is 60.7 Å². The smallest absolute Gasteiger partial charge is 0.126 e. The highest BCUT2D eigenvalue weighted by Crippen LogP contribution is 2.35. The first-order valence-corrected chi connectivity index (χ1v) is 9.31. The number of hydrogen-bond acceptors (Lipinski definition) is 1. The summed E-state index contributed by atoms with van der Waals surface area (Å²) in [4.78, 5) is 2.15. The normalized spacial score (nSPS) is 11.9. The van der Waals surface area contributed by atoms with Crippen LogP contribution in [0.3, 0.4) is 0 Å². The maximum atomic E-state index is 13.8. The average Bonchev–Trinajstić information content (AvgIpc) is 2.62. The van der Waals surface area contributed by atoms with Gasteiger partial charge in [-0.1, -0.05) is 64.8 Å². The zero-order chi connectivity index (χ0) is 18.4. The number of halogens is 2. The van der Waals surface area contributed by atoms with Crippen LogP contribution < -0.4 is 4.90 Å². The summed E-state index contributed by atoms with van der Waals surface area (Å²) in [6.07, 6.45) is 3.76. The van der Waals surface area contributed by atoms with E-state index < -0.39 is 0 Å². The molecular weight excluding hydrogens is 377 g/mol. The Kier molecular flexibility index (Phi) is 7.01. The molecule has 2 aromatic carbocycles. The SMILES string of the molecule is C=CC/C(CC)=C(/Br)c1ccccc1N(C)Cc1ccc(C)c(F)c1. The molecule has 0 saturated carbocycles. The lowest BCUT2D eigenvalue weighted by molar-refractivity contribution is 0.616. The van der Waals surface area contributed by atoms with E-state index in [1.807, 2.05) is 37.4 Å². The second-order valence-corrected chi connectivity index (χ2v) is 7.01. The molecule has 0 N–H and O–H groups in total. The number of hydrogen-bond donors (Lipinski definition) is 0. The molecule has 0 unspecified atom stereocenters. The van der Waals surface area contributed by atoms with E-state index >= 15 is 0 Å². The Hall–Kier alpha value is -1.87. The summed E-state index contributed by atoms with van der Waals surface area (Å²) in [6, 6.07) is 13.7. The third-order valence-electron chi connectivity index (χ3n) is 4.34. The van der Waals surface area contributed by atoms with Gasteiger partial charge in [0, 0.05) is 29.3 Å². The summed E-state index contributed by atoms with van der Waals surface area (Å²) in [6.45, 7) is 8.44. The van der Waals surface area contributed by atoms with Crippen LogP contribution in [0.5, 0.6) is 0 Å². The second kappa shape index (κ2) is 9.00. The molecule has 2 rings (SSSR count). The van der Waals surface area contributed by atoms with Crippen molar-refractivity contribution < 1.29 is 4.39 Å². The summed E-state index contributed by atoms with van der Waals surface area (Å²) >= 11 is 3.78. The Morgan fingerprint density at radius 3 is 2.60 bits per heavy atom. The fraction of sp³-hybridized carbons (Fsp3) is 0.273. The zero-order valence-electron chi connectivity index (χ0n) is 15.2. The molecule has 0 radical (unpaired) electrons. The van der Waals surface area contributed by atoms with Gasteiger partial charge in [0.05, 0.1) is 0 Å². The lowest BCUT2D eigenvalue weighted by Crippen LogP contribution is -2.18. The Balaban J connectivity index is 2.36. The summed E-state index contributed by atoms with van der Waals surface area (Å²) in [7, 11) is 2.04. The number of para-hydroxylation sites is 1. The van der Waals surface area contributed by atoms with E-state index in [-0.39, 0.29) is 5.82 Å². The van der Waals surface area contributed by atoms with E-state index in [0.717, 1.165) is 34.1 Å². The number of aryl methyl sites for hydroxylation is 1. The van der Waals surface area contributed by atoms with E-state index in [4.69, 9.17) is 0 Å². The lowest BCUT2D eigenvalue weighted by atomic mass is 10.0. The standard InChI is InChI=1S/C22H25BrFN/c1-5-9-18(6-2)22(23)19-10-7-8-11-21(19)25(4)15-17-13-12-16(3)20(24)14-17/h5,7-8,10-14H,1,6,9,15H2,2-4H3/b22-18+. The molecule has 0 aliphatic heterocycles. The van der Waals surface area contributed by atoms with Crippen molar-refractivity contribution in [2.24, 2.45) is 0 Å². The Morgan fingerprint density at radius 2 is 1.96 bits per heavy atom. The van der Waals surface area contributed by atoms with Crippen LogP contribution in [0.4, 0.5) is 10.1 Å². The molecule has 0 amide bonds. The van der Waals surface area contributed by atoms with Crippen molar-refractivity contribution in [3.05, 3.63) is 83.2 Å². The van der Waals surface area contributed by atoms with Crippen molar-refractivity contribution in [1.29, 1.82) is 0 Å². The van der Waals surface area contributed by atoms with Gasteiger partial charge in [-0.25, -0.2) is 4.39 Å². The van der Waals surface area contributed by atoms with Gasteiger partial charge in [0.15, 0.2) is 0 Å². The molecule has 1 nitrogen and oxygen atoms in total. The number of rotatable bonds is 7. The first kappa shape index (κ1) is 19.5. The van der Waals surface area contributed by atoms with Crippen LogP contribution in [-0.2, 0) is 6.54 Å². The number of allylic oxidation sites excluding steroid dienone is 2. The quantitative estimate of drug-likeness (QED) is 0.457. The summed E-state index contributed by atoms with van der Waals surface area (Å²) in [5.74, 6) is -0.153. The zero-order valence-corrected chi connectivity index (χ0v) is 16.7. The van der Waals surface area contributed by atoms with Crippen LogP contribution in [-0.4, -0.2) is 7.05 Å². The fourth-order valence-corrected chi connectivity index (χ4v) is 3.62. The summed E-state index contributed by atoms with van der Waals surface area (Å²) in [5, 5.41) is 0. The molecule has 0 bridgehead atoms. The topological polar surface area (TPSA) is 3.24 Å². The Bertz CT molecular complexity index is 779. The minimum Gasteiger partial charge on any atom is -0.370 e. The third kappa shape index (κ3) is 4.82. The first-order valence-electron chi connectivity index (χ1n) is 8.51. The van der Waals surface area contributed by atoms with Crippen LogP contribution in [0.1, 0.15) is 36.5 Å². The largest absolute Gasteiger partial charge is 0.370 e. The van der Waals surface area contributed by atoms with Gasteiger partial charge in [-0.15, -0.1) is 6.58 Å². The predicted octanol–water partition coefficient (Wildman–Crippen LogP) is 6.86. The van der Waals surface area contributed by atoms with Gasteiger partial charge < -0.3 is 4.90 Å². The Labute approximate surface area is 159 Å². The summed E-state index contributed by atoms with van der Waals surface area (Å²) < 4.78 is 15.0. The molecule has 0 spiro atoms. The van der Waals surface area contributed by atoms with Gasteiger partial charge in [-0.2, -0.15) is 0 Å². The number of nitrogens with zero attached hydrogens (tertiary/aromatic N) is 1. The van der Waals surface area contributed by atoms with Gasteiger partial charge in [0.2, 0.25) is 0 Å². The van der Waals surface area contributed by atoms with Gasteiger partial charge >= 0.3 is 0 Å². The van der Waals surface area contributed by atoms with Crippen LogP contribution >= 0.6 is 15.9 Å². The van der Waals surface area contributed by atoms with Gasteiger partial charge in [-0.05, 0) is 43.0 Å². The number of anilines is 1. The van der Waals surface area contributed by atoms with Crippen LogP contribution in [0, 0.1) is 12.7 Å². The van der Waals surface area contributed by atoms with E-state index in [0.29, 0.717) is 12.1 Å². The average molecular weight is 402 g/mol. The highest BCUT2D eigenvalue weighted by Gasteiger charge is 2.13. The molecule has 0 heterocycles. The van der Waals surface area contributed by atoms with Gasteiger partial charge in [0.25, 0.3) is 0 Å². The highest BCUT2D eigenvalue weighted by molar-refractivity contribution is 9.15. The van der Waals surface area contributed by atoms with Gasteiger partial charge in [-0.3, -0.25) is 0 Å². The van der Waals surface area contributed by atoms with E-state index in [2.05, 4.69) is 46.5 Å². The van der Waals surface area contributed by atoms with Crippen molar-refractivity contribution in [2.75, 3.05) is 11.9 Å². The van der Waals surface area contributed by atoms with Crippen molar-refractivity contribution in [2.45, 2.75) is 33.2 Å². The van der Waals surface area contributed by atoms with E-state index in [1.165, 1.54) is 5.57 Å². The summed E-state index contributed by atoms with van der Waals surface area (Å²) in [5.41, 5.74) is 5.22. The highest BCUT2D eigenvalue weighted by atomic mass is 79.9. The van der Waals surface area contributed by atoms with Crippen LogP contribution in [0.2, 0.25) is 0 Å². The molecule has 132 valence electrons. The molecule has 0 saturated heterocycles. The molecule has 0 atom stereocenters. The third-order valence-corrected chi connectivity index (χ3v) is 5.32. The molecule has 25 heavy (non-hydrogen) atoms. The predicted molar refractivity (Wildman–Crippen MR) is 111 cm³/mol. The monoisotopic (exact) mass is 401 g/mol. The van der Waals surface area contributed by atoms with Gasteiger partial charge in [0.1, 0.15) is 5.82 Å². The molecule has 2 aromatic rings.